The van der Waals surface area contributed by atoms with Crippen LogP contribution in [0.1, 0.15) is 19.8 Å². The van der Waals surface area contributed by atoms with Gasteiger partial charge in [0, 0.05) is 26.3 Å². The molecule has 2 aromatic rings. The van der Waals surface area contributed by atoms with Gasteiger partial charge in [-0.3, -0.25) is 0 Å². The fourth-order valence-corrected chi connectivity index (χ4v) is 2.18. The molecule has 0 fully saturated rings. The van der Waals surface area contributed by atoms with E-state index in [4.69, 9.17) is 0 Å². The number of aromatic nitrogens is 1. The van der Waals surface area contributed by atoms with E-state index in [0.29, 0.717) is 0 Å². The van der Waals surface area contributed by atoms with Crippen LogP contribution < -0.4 is 55.4 Å². The number of nitrogens with zero attached hydrogens (tertiary/aromatic N) is 2. The summed E-state index contributed by atoms with van der Waals surface area (Å²) in [7, 11) is 4.51. The van der Waals surface area contributed by atoms with Gasteiger partial charge in [0.15, 0.2) is 0 Å². The number of hydrogen-bond acceptors (Lipinski definition) is 1. The molecule has 1 heterocycles. The van der Waals surface area contributed by atoms with Crippen LogP contribution in [0, 0.1) is 6.07 Å². The average Bonchev–Trinajstić information content (AvgIpc) is 2.46. The van der Waals surface area contributed by atoms with Crippen LogP contribution in [0.25, 0.3) is 11.3 Å². The third-order valence-corrected chi connectivity index (χ3v) is 3.50. The molecule has 0 bridgehead atoms. The summed E-state index contributed by atoms with van der Waals surface area (Å²) in [5.41, 5.74) is 3.37. The molecule has 2 nitrogen and oxygen atoms in total. The Morgan fingerprint density at radius 1 is 1.09 bits per heavy atom. The van der Waals surface area contributed by atoms with Crippen molar-refractivity contribution in [1.29, 1.82) is 0 Å². The third kappa shape index (κ3) is 8.37. The molecular formula is C17H22Br3IrN2-3. The van der Waals surface area contributed by atoms with Crippen molar-refractivity contribution >= 4 is 5.69 Å². The molecule has 133 valence electrons. The smallest absolute Gasteiger partial charge is 0.0816 e. The van der Waals surface area contributed by atoms with Gasteiger partial charge < -0.3 is 60.4 Å². The minimum Gasteiger partial charge on any atom is -1.00 e. The maximum Gasteiger partial charge on any atom is 0.0816 e. The van der Waals surface area contributed by atoms with Crippen LogP contribution in [0.5, 0.6) is 0 Å². The Morgan fingerprint density at radius 2 is 1.78 bits per heavy atom. The van der Waals surface area contributed by atoms with Crippen LogP contribution in [0.4, 0.5) is 5.69 Å². The first-order chi connectivity index (χ1) is 9.13. The molecule has 0 spiro atoms. The zero-order chi connectivity index (χ0) is 13.7. The van der Waals surface area contributed by atoms with Crippen molar-refractivity contribution in [3.63, 3.8) is 0 Å². The summed E-state index contributed by atoms with van der Waals surface area (Å²) in [6.45, 7) is 3.39. The molecule has 1 radical (unpaired) electrons. The fourth-order valence-electron chi connectivity index (χ4n) is 2.18. The molecule has 0 aliphatic carbocycles. The zero-order valence-electron chi connectivity index (χ0n) is 13.5. The second-order valence-corrected chi connectivity index (χ2v) is 5.44. The molecule has 0 unspecified atom stereocenters. The van der Waals surface area contributed by atoms with Gasteiger partial charge in [0.25, 0.3) is 0 Å². The molecule has 0 amide bonds. The van der Waals surface area contributed by atoms with Crippen LogP contribution in [0.15, 0.2) is 42.6 Å². The number of quaternary nitrogens is 1. The summed E-state index contributed by atoms with van der Waals surface area (Å²) < 4.78 is 0.905. The summed E-state index contributed by atoms with van der Waals surface area (Å²) in [5.74, 6) is 0. The Morgan fingerprint density at radius 3 is 2.35 bits per heavy atom. The summed E-state index contributed by atoms with van der Waals surface area (Å²) in [6, 6.07) is 15.6. The van der Waals surface area contributed by atoms with Crippen LogP contribution in [-0.2, 0) is 20.1 Å². The van der Waals surface area contributed by atoms with Gasteiger partial charge in [-0.15, -0.1) is 17.7 Å². The molecule has 0 aliphatic heterocycles. The van der Waals surface area contributed by atoms with Crippen molar-refractivity contribution in [3.05, 3.63) is 48.7 Å². The van der Waals surface area contributed by atoms with Gasteiger partial charge in [-0.1, -0.05) is 37.6 Å². The van der Waals surface area contributed by atoms with Crippen LogP contribution in [0.2, 0.25) is 0 Å². The zero-order valence-corrected chi connectivity index (χ0v) is 20.7. The minimum absolute atomic E-state index is 0. The molecule has 2 rings (SSSR count). The Kier molecular flexibility index (Phi) is 16.8. The molecule has 6 heteroatoms. The van der Waals surface area contributed by atoms with Crippen molar-refractivity contribution < 1.29 is 71.0 Å². The van der Waals surface area contributed by atoms with Gasteiger partial charge in [0.2, 0.25) is 0 Å². The molecular weight excluding hydrogens is 664 g/mol. The van der Waals surface area contributed by atoms with Gasteiger partial charge in [-0.25, -0.2) is 0 Å². The first kappa shape index (κ1) is 28.2. The van der Waals surface area contributed by atoms with E-state index in [9.17, 15) is 0 Å². The predicted octanol–water partition coefficient (Wildman–Crippen LogP) is -5.07. The topological polar surface area (TPSA) is 12.9 Å². The molecule has 0 N–H and O–H groups in total. The number of halogens is 3. The van der Waals surface area contributed by atoms with Crippen molar-refractivity contribution in [3.8, 4) is 11.3 Å². The van der Waals surface area contributed by atoms with E-state index in [1.165, 1.54) is 18.5 Å². The Hall–Kier alpha value is 0.419. The standard InChI is InChI=1S/C17H22N2.3BrH.Ir/c1-4-5-13-19(2,3)16-10-8-9-15(14-16)17-11-6-7-12-18-17;;;;/h6-8,10-12,14H,4-5,13H2,1-3H3;3*1H;/p-3. The quantitative estimate of drug-likeness (QED) is 0.227. The molecule has 1 aromatic carbocycles. The number of pyridine rings is 1. The molecule has 1 aromatic heterocycles. The van der Waals surface area contributed by atoms with Crippen LogP contribution >= 0.6 is 0 Å². The van der Waals surface area contributed by atoms with E-state index in [0.717, 1.165) is 22.3 Å². The van der Waals surface area contributed by atoms with Gasteiger partial charge in [0.05, 0.1) is 26.3 Å². The summed E-state index contributed by atoms with van der Waals surface area (Å²) in [4.78, 5) is 4.40. The summed E-state index contributed by atoms with van der Waals surface area (Å²) in [5, 5.41) is 0. The number of benzene rings is 1. The molecule has 0 saturated carbocycles. The first-order valence-corrected chi connectivity index (χ1v) is 6.90. The van der Waals surface area contributed by atoms with Crippen LogP contribution in [-0.4, -0.2) is 25.6 Å². The summed E-state index contributed by atoms with van der Waals surface area (Å²) >= 11 is 0. The van der Waals surface area contributed by atoms with Gasteiger partial charge in [-0.2, -0.15) is 0 Å². The first-order valence-electron chi connectivity index (χ1n) is 6.90. The normalized spacial score (nSPS) is 9.52. The van der Waals surface area contributed by atoms with E-state index >= 15 is 0 Å². The average molecular weight is 686 g/mol. The Labute approximate surface area is 185 Å². The molecule has 0 aliphatic rings. The minimum atomic E-state index is 0. The van der Waals surface area contributed by atoms with Crippen LogP contribution in [0.3, 0.4) is 0 Å². The van der Waals surface area contributed by atoms with Crippen molar-refractivity contribution in [2.75, 3.05) is 20.6 Å². The van der Waals surface area contributed by atoms with Crippen molar-refractivity contribution in [2.24, 2.45) is 0 Å². The number of hydrogen-bond donors (Lipinski definition) is 0. The maximum atomic E-state index is 4.40. The molecule has 0 atom stereocenters. The fraction of sp³-hybridized carbons (Fsp3) is 0.353. The van der Waals surface area contributed by atoms with Gasteiger partial charge >= 0.3 is 0 Å². The van der Waals surface area contributed by atoms with E-state index < -0.39 is 0 Å². The maximum absolute atomic E-state index is 4.40. The van der Waals surface area contributed by atoms with Crippen molar-refractivity contribution in [2.45, 2.75) is 19.8 Å². The Balaban J connectivity index is -0.000001000. The van der Waals surface area contributed by atoms with E-state index in [1.54, 1.807) is 0 Å². The van der Waals surface area contributed by atoms with Crippen molar-refractivity contribution in [1.82, 2.24) is 9.47 Å². The largest absolute Gasteiger partial charge is 1.00 e. The van der Waals surface area contributed by atoms with Gasteiger partial charge in [0.1, 0.15) is 0 Å². The summed E-state index contributed by atoms with van der Waals surface area (Å²) in [6.07, 6.45) is 4.30. The third-order valence-electron chi connectivity index (χ3n) is 3.50. The molecule has 23 heavy (non-hydrogen) atoms. The Bertz CT molecular complexity index is 536. The van der Waals surface area contributed by atoms with E-state index in [2.05, 4.69) is 44.2 Å². The van der Waals surface area contributed by atoms with E-state index in [1.807, 2.05) is 30.5 Å². The number of unbranched alkanes of at least 4 members (excludes halogenated alkanes) is 1. The van der Waals surface area contributed by atoms with E-state index in [-0.39, 0.29) is 71.0 Å². The SMILES string of the molecule is CCCC[N+](C)(C)c1cc[c-]c(-c2ccccn2)c1.[Br-].[Br-].[Br-].[Ir]. The second-order valence-electron chi connectivity index (χ2n) is 5.44. The number of rotatable bonds is 5. The molecule has 0 saturated heterocycles. The second kappa shape index (κ2) is 13.7. The monoisotopic (exact) mass is 684 g/mol. The predicted molar refractivity (Wildman–Crippen MR) is 81.9 cm³/mol. The van der Waals surface area contributed by atoms with Gasteiger partial charge in [-0.05, 0) is 18.2 Å².